The fraction of sp³-hybridized carbons (Fsp3) is 0.552. The molecule has 0 spiro atoms. The topological polar surface area (TPSA) is 74.0 Å². The van der Waals surface area contributed by atoms with Gasteiger partial charge in [-0.3, -0.25) is 4.79 Å². The Kier molecular flexibility index (Phi) is 9.46. The molecular weight excluding hydrogens is 491 g/mol. The minimum absolute atomic E-state index is 0.0297. The zero-order valence-corrected chi connectivity index (χ0v) is 23.0. The predicted octanol–water partition coefficient (Wildman–Crippen LogP) is 6.34. The van der Waals surface area contributed by atoms with Crippen molar-refractivity contribution in [2.24, 2.45) is 11.8 Å². The average Bonchev–Trinajstić information content (AvgIpc) is 2.94. The molecule has 6 nitrogen and oxygen atoms in total. The number of piperidine rings is 1. The largest absolute Gasteiger partial charge is 0.493 e. The van der Waals surface area contributed by atoms with Crippen molar-refractivity contribution in [3.05, 3.63) is 47.3 Å². The van der Waals surface area contributed by atoms with Crippen LogP contribution in [0, 0.1) is 17.7 Å². The van der Waals surface area contributed by atoms with Gasteiger partial charge < -0.3 is 24.8 Å². The molecule has 1 unspecified atom stereocenters. The molecule has 37 heavy (non-hydrogen) atoms. The molecule has 8 heteroatoms. The number of halogens is 1. The van der Waals surface area contributed by atoms with Crippen molar-refractivity contribution in [2.75, 3.05) is 45.9 Å². The minimum atomic E-state index is -0.218. The molecular formula is C29H39FN2O4S. The summed E-state index contributed by atoms with van der Waals surface area (Å²) < 4.78 is 30.4. The van der Waals surface area contributed by atoms with E-state index < -0.39 is 0 Å². The number of thioether (sulfide) groups is 1. The molecule has 202 valence electrons. The summed E-state index contributed by atoms with van der Waals surface area (Å²) in [5, 5.41) is 0.217. The molecule has 0 radical (unpaired) electrons. The van der Waals surface area contributed by atoms with E-state index in [1.54, 1.807) is 45.6 Å². The van der Waals surface area contributed by atoms with Crippen LogP contribution in [0.5, 0.6) is 17.2 Å². The first kappa shape index (κ1) is 27.4. The molecule has 4 rings (SSSR count). The van der Waals surface area contributed by atoms with E-state index in [1.165, 1.54) is 38.2 Å². The second kappa shape index (κ2) is 12.8. The highest BCUT2D eigenvalue weighted by molar-refractivity contribution is 7.99. The summed E-state index contributed by atoms with van der Waals surface area (Å²) in [6.07, 6.45) is 7.99. The third-order valence-electron chi connectivity index (χ3n) is 7.76. The highest BCUT2D eigenvalue weighted by atomic mass is 32.2. The number of anilines is 1. The van der Waals surface area contributed by atoms with Gasteiger partial charge in [0.1, 0.15) is 5.82 Å². The van der Waals surface area contributed by atoms with Gasteiger partial charge in [-0.05, 0) is 79.2 Å². The zero-order valence-electron chi connectivity index (χ0n) is 22.1. The summed E-state index contributed by atoms with van der Waals surface area (Å²) in [6.45, 7) is 1.41. The van der Waals surface area contributed by atoms with Crippen LogP contribution >= 0.6 is 11.8 Å². The van der Waals surface area contributed by atoms with Gasteiger partial charge in [-0.25, -0.2) is 4.39 Å². The first-order chi connectivity index (χ1) is 17.9. The number of nitrogens with two attached hydrogens (primary N) is 1. The van der Waals surface area contributed by atoms with Gasteiger partial charge in [-0.1, -0.05) is 19.3 Å². The van der Waals surface area contributed by atoms with E-state index in [1.807, 2.05) is 16.7 Å². The third-order valence-corrected chi connectivity index (χ3v) is 9.42. The second-order valence-corrected chi connectivity index (χ2v) is 11.2. The van der Waals surface area contributed by atoms with E-state index in [4.69, 9.17) is 19.9 Å². The summed E-state index contributed by atoms with van der Waals surface area (Å²) in [5.41, 5.74) is 8.49. The Labute approximate surface area is 224 Å². The highest BCUT2D eigenvalue weighted by Gasteiger charge is 2.30. The number of amides is 1. The number of carbonyl (C=O) groups is 1. The fourth-order valence-electron chi connectivity index (χ4n) is 5.64. The van der Waals surface area contributed by atoms with Gasteiger partial charge in [0.2, 0.25) is 5.75 Å². The van der Waals surface area contributed by atoms with E-state index >= 15 is 0 Å². The standard InChI is InChI=1S/C29H39FN2O4S/c1-34-25-15-21(16-26(35-2)27(25)36-3)29(33)32-13-11-19(12-14-32)18-37-28(20-7-5-4-6-8-20)23-17-22(30)9-10-24(23)31/h9-10,15-17,19-20,28H,4-8,11-14,18,31H2,1-3H3. The lowest BCUT2D eigenvalue weighted by Crippen LogP contribution is -2.39. The van der Waals surface area contributed by atoms with Gasteiger partial charge >= 0.3 is 0 Å². The SMILES string of the molecule is COc1cc(C(=O)N2CCC(CSC(c3cc(F)ccc3N)C3CCCCC3)CC2)cc(OC)c1OC. The maximum Gasteiger partial charge on any atom is 0.254 e. The van der Waals surface area contributed by atoms with Crippen molar-refractivity contribution in [2.45, 2.75) is 50.2 Å². The lowest BCUT2D eigenvalue weighted by atomic mass is 9.84. The Hall–Kier alpha value is -2.61. The van der Waals surface area contributed by atoms with E-state index in [-0.39, 0.29) is 17.0 Å². The maximum absolute atomic E-state index is 14.1. The van der Waals surface area contributed by atoms with Crippen molar-refractivity contribution in [1.29, 1.82) is 0 Å². The molecule has 2 aliphatic rings. The number of likely N-dealkylation sites (tertiary alicyclic amines) is 1. The number of methoxy groups -OCH3 is 3. The van der Waals surface area contributed by atoms with Crippen LogP contribution < -0.4 is 19.9 Å². The molecule has 1 amide bonds. The normalized spacial score (nSPS) is 17.9. The molecule has 1 atom stereocenters. The van der Waals surface area contributed by atoms with Crippen LogP contribution in [0.4, 0.5) is 10.1 Å². The van der Waals surface area contributed by atoms with Crippen molar-refractivity contribution < 1.29 is 23.4 Å². The lowest BCUT2D eigenvalue weighted by molar-refractivity contribution is 0.0697. The molecule has 2 aromatic carbocycles. The number of nitrogens with zero attached hydrogens (tertiary/aromatic N) is 1. The molecule has 2 fully saturated rings. The Morgan fingerprint density at radius 3 is 2.24 bits per heavy atom. The van der Waals surface area contributed by atoms with Crippen molar-refractivity contribution in [3.8, 4) is 17.2 Å². The van der Waals surface area contributed by atoms with E-state index in [9.17, 15) is 9.18 Å². The first-order valence-electron chi connectivity index (χ1n) is 13.2. The Morgan fingerprint density at radius 2 is 1.65 bits per heavy atom. The number of hydrogen-bond donors (Lipinski definition) is 1. The van der Waals surface area contributed by atoms with Crippen LogP contribution in [0.3, 0.4) is 0 Å². The van der Waals surface area contributed by atoms with Gasteiger partial charge in [0, 0.05) is 29.6 Å². The summed E-state index contributed by atoms with van der Waals surface area (Å²) in [4.78, 5) is 15.2. The Morgan fingerprint density at radius 1 is 1.00 bits per heavy atom. The number of ether oxygens (including phenoxy) is 3. The molecule has 0 bridgehead atoms. The van der Waals surface area contributed by atoms with Crippen molar-refractivity contribution >= 4 is 23.4 Å². The van der Waals surface area contributed by atoms with Gasteiger partial charge in [-0.2, -0.15) is 11.8 Å². The Balaban J connectivity index is 1.39. The monoisotopic (exact) mass is 530 g/mol. The molecule has 2 aromatic rings. The van der Waals surface area contributed by atoms with Crippen molar-refractivity contribution in [1.82, 2.24) is 4.90 Å². The number of carbonyl (C=O) groups excluding carboxylic acids is 1. The smallest absolute Gasteiger partial charge is 0.254 e. The molecule has 1 saturated carbocycles. The molecule has 1 heterocycles. The fourth-order valence-corrected chi connectivity index (χ4v) is 7.38. The molecule has 2 N–H and O–H groups in total. The summed E-state index contributed by atoms with van der Waals surface area (Å²) in [7, 11) is 4.64. The van der Waals surface area contributed by atoms with E-state index in [0.29, 0.717) is 53.4 Å². The van der Waals surface area contributed by atoms with Crippen LogP contribution in [0.2, 0.25) is 0 Å². The maximum atomic E-state index is 14.1. The quantitative estimate of drug-likeness (QED) is 0.381. The average molecular weight is 531 g/mol. The number of nitrogen functional groups attached to an aromatic ring is 1. The van der Waals surface area contributed by atoms with Gasteiger partial charge in [0.05, 0.1) is 21.3 Å². The van der Waals surface area contributed by atoms with Crippen LogP contribution in [0.15, 0.2) is 30.3 Å². The summed E-state index contributed by atoms with van der Waals surface area (Å²) >= 11 is 1.93. The van der Waals surface area contributed by atoms with Crippen LogP contribution in [0.1, 0.15) is 66.1 Å². The third kappa shape index (κ3) is 6.46. The summed E-state index contributed by atoms with van der Waals surface area (Å²) in [6, 6.07) is 8.21. The molecule has 0 aromatic heterocycles. The number of hydrogen-bond acceptors (Lipinski definition) is 6. The molecule has 1 saturated heterocycles. The van der Waals surface area contributed by atoms with Gasteiger partial charge in [0.25, 0.3) is 5.91 Å². The van der Waals surface area contributed by atoms with E-state index in [2.05, 4.69) is 0 Å². The van der Waals surface area contributed by atoms with E-state index in [0.717, 1.165) is 24.2 Å². The van der Waals surface area contributed by atoms with Gasteiger partial charge in [-0.15, -0.1) is 0 Å². The highest BCUT2D eigenvalue weighted by Crippen LogP contribution is 2.46. The Bertz CT molecular complexity index is 1040. The predicted molar refractivity (Wildman–Crippen MR) is 147 cm³/mol. The van der Waals surface area contributed by atoms with Crippen LogP contribution in [-0.2, 0) is 0 Å². The van der Waals surface area contributed by atoms with Crippen LogP contribution in [-0.4, -0.2) is 51.0 Å². The first-order valence-corrected chi connectivity index (χ1v) is 14.3. The summed E-state index contributed by atoms with van der Waals surface area (Å²) in [5.74, 6) is 3.21. The minimum Gasteiger partial charge on any atom is -0.493 e. The van der Waals surface area contributed by atoms with Crippen molar-refractivity contribution in [3.63, 3.8) is 0 Å². The molecule has 1 aliphatic carbocycles. The number of rotatable bonds is 9. The second-order valence-electron chi connectivity index (χ2n) is 10.1. The molecule has 1 aliphatic heterocycles. The van der Waals surface area contributed by atoms with Crippen LogP contribution in [0.25, 0.3) is 0 Å². The lowest BCUT2D eigenvalue weighted by Gasteiger charge is -2.35. The zero-order chi connectivity index (χ0) is 26.4. The number of benzene rings is 2. The van der Waals surface area contributed by atoms with Gasteiger partial charge in [0.15, 0.2) is 11.5 Å².